The number of pyridine rings is 1. The monoisotopic (exact) mass is 398 g/mol. The van der Waals surface area contributed by atoms with E-state index in [4.69, 9.17) is 11.6 Å². The van der Waals surface area contributed by atoms with E-state index in [-0.39, 0.29) is 17.9 Å². The Bertz CT molecular complexity index is 846. The van der Waals surface area contributed by atoms with Gasteiger partial charge in [-0.2, -0.15) is 0 Å². The molecule has 2 N–H and O–H groups in total. The molecular formula is C21H23ClN4O2. The molecule has 3 rings (SSSR count). The second-order valence-electron chi connectivity index (χ2n) is 6.66. The van der Waals surface area contributed by atoms with Crippen LogP contribution in [0.4, 0.5) is 5.82 Å². The van der Waals surface area contributed by atoms with Gasteiger partial charge in [0.25, 0.3) is 5.91 Å². The van der Waals surface area contributed by atoms with E-state index in [1.165, 1.54) is 6.08 Å². The van der Waals surface area contributed by atoms with Crippen molar-refractivity contribution in [3.8, 4) is 0 Å². The lowest BCUT2D eigenvalue weighted by Gasteiger charge is -2.32. The number of halogens is 1. The van der Waals surface area contributed by atoms with E-state index in [2.05, 4.69) is 22.2 Å². The summed E-state index contributed by atoms with van der Waals surface area (Å²) in [6, 6.07) is 11.2. The van der Waals surface area contributed by atoms with Gasteiger partial charge in [-0.25, -0.2) is 4.98 Å². The van der Waals surface area contributed by atoms with Crippen LogP contribution in [0, 0.1) is 0 Å². The summed E-state index contributed by atoms with van der Waals surface area (Å²) in [7, 11) is 0. The Kier molecular flexibility index (Phi) is 6.66. The maximum Gasteiger partial charge on any atom is 0.253 e. The molecule has 6 nitrogen and oxygen atoms in total. The van der Waals surface area contributed by atoms with Crippen LogP contribution in [0.1, 0.15) is 28.8 Å². The van der Waals surface area contributed by atoms with Crippen LogP contribution in [-0.4, -0.2) is 40.8 Å². The van der Waals surface area contributed by atoms with Gasteiger partial charge in [0.1, 0.15) is 5.82 Å². The molecule has 2 heterocycles. The number of hydrogen-bond donors (Lipinski definition) is 2. The first-order chi connectivity index (χ1) is 13.6. The quantitative estimate of drug-likeness (QED) is 0.732. The van der Waals surface area contributed by atoms with Gasteiger partial charge in [0.2, 0.25) is 5.91 Å². The topological polar surface area (TPSA) is 74.3 Å². The van der Waals surface area contributed by atoms with Crippen molar-refractivity contribution < 1.29 is 9.59 Å². The fraction of sp³-hybridized carbons (Fsp3) is 0.286. The van der Waals surface area contributed by atoms with Crippen LogP contribution in [0.15, 0.2) is 55.3 Å². The smallest absolute Gasteiger partial charge is 0.253 e. The molecule has 0 atom stereocenters. The first-order valence-corrected chi connectivity index (χ1v) is 9.60. The number of amides is 2. The van der Waals surface area contributed by atoms with Gasteiger partial charge in [0.15, 0.2) is 0 Å². The van der Waals surface area contributed by atoms with Gasteiger partial charge in [0.05, 0.1) is 5.02 Å². The highest BCUT2D eigenvalue weighted by atomic mass is 35.5. The highest BCUT2D eigenvalue weighted by molar-refractivity contribution is 6.32. The molecule has 7 heteroatoms. The summed E-state index contributed by atoms with van der Waals surface area (Å²) in [4.78, 5) is 30.1. The molecule has 1 aromatic carbocycles. The molecule has 1 aromatic heterocycles. The highest BCUT2D eigenvalue weighted by Crippen LogP contribution is 2.22. The van der Waals surface area contributed by atoms with Crippen LogP contribution >= 0.6 is 11.6 Å². The van der Waals surface area contributed by atoms with Gasteiger partial charge < -0.3 is 15.5 Å². The largest absolute Gasteiger partial charge is 0.366 e. The standard InChI is InChI=1S/C21H23ClN4O2/c1-2-19(27)24-14-15-5-7-16(8-6-15)21(28)26-12-9-17(10-13-26)25-20-18(22)4-3-11-23-20/h2-8,11,17H,1,9-10,12-14H2,(H,23,25)(H,24,27). The van der Waals surface area contributed by atoms with Crippen molar-refractivity contribution in [2.75, 3.05) is 18.4 Å². The molecule has 1 fully saturated rings. The number of carbonyl (C=O) groups excluding carboxylic acids is 2. The van der Waals surface area contributed by atoms with E-state index in [0.29, 0.717) is 36.0 Å². The predicted octanol–water partition coefficient (Wildman–Crippen LogP) is 3.25. The lowest BCUT2D eigenvalue weighted by atomic mass is 10.0. The SMILES string of the molecule is C=CC(=O)NCc1ccc(C(=O)N2CCC(Nc3ncccc3Cl)CC2)cc1. The molecule has 1 aliphatic heterocycles. The first-order valence-electron chi connectivity index (χ1n) is 9.22. The van der Waals surface area contributed by atoms with Gasteiger partial charge in [-0.1, -0.05) is 30.3 Å². The fourth-order valence-electron chi connectivity index (χ4n) is 3.12. The Hall–Kier alpha value is -2.86. The van der Waals surface area contributed by atoms with Crippen LogP contribution in [0.2, 0.25) is 5.02 Å². The van der Waals surface area contributed by atoms with Gasteiger partial charge in [-0.05, 0) is 48.7 Å². The minimum Gasteiger partial charge on any atom is -0.366 e. The molecule has 146 valence electrons. The summed E-state index contributed by atoms with van der Waals surface area (Å²) < 4.78 is 0. The summed E-state index contributed by atoms with van der Waals surface area (Å²) in [6.07, 6.45) is 4.62. The lowest BCUT2D eigenvalue weighted by Crippen LogP contribution is -2.42. The molecule has 1 aliphatic rings. The molecule has 2 aromatic rings. The van der Waals surface area contributed by atoms with E-state index in [9.17, 15) is 9.59 Å². The van der Waals surface area contributed by atoms with Gasteiger partial charge in [0, 0.05) is 37.4 Å². The van der Waals surface area contributed by atoms with Crippen molar-refractivity contribution in [3.05, 3.63) is 71.4 Å². The van der Waals surface area contributed by atoms with Crippen LogP contribution < -0.4 is 10.6 Å². The summed E-state index contributed by atoms with van der Waals surface area (Å²) >= 11 is 6.15. The maximum absolute atomic E-state index is 12.7. The molecular weight excluding hydrogens is 376 g/mol. The number of benzene rings is 1. The molecule has 28 heavy (non-hydrogen) atoms. The normalized spacial score (nSPS) is 14.4. The average molecular weight is 399 g/mol. The van der Waals surface area contributed by atoms with Crippen molar-refractivity contribution in [1.29, 1.82) is 0 Å². The minimum atomic E-state index is -0.219. The number of aromatic nitrogens is 1. The number of rotatable bonds is 6. The van der Waals surface area contributed by atoms with E-state index in [1.54, 1.807) is 24.4 Å². The van der Waals surface area contributed by atoms with Crippen molar-refractivity contribution in [2.45, 2.75) is 25.4 Å². The number of hydrogen-bond acceptors (Lipinski definition) is 4. The number of piperidine rings is 1. The Morgan fingerprint density at radius 1 is 1.21 bits per heavy atom. The predicted molar refractivity (Wildman–Crippen MR) is 110 cm³/mol. The van der Waals surface area contributed by atoms with E-state index < -0.39 is 0 Å². The van der Waals surface area contributed by atoms with E-state index >= 15 is 0 Å². The third-order valence-electron chi connectivity index (χ3n) is 4.73. The molecule has 0 radical (unpaired) electrons. The van der Waals surface area contributed by atoms with Gasteiger partial charge >= 0.3 is 0 Å². The Labute approximate surface area is 169 Å². The van der Waals surface area contributed by atoms with Crippen LogP contribution in [0.25, 0.3) is 0 Å². The lowest BCUT2D eigenvalue weighted by molar-refractivity contribution is -0.116. The third-order valence-corrected chi connectivity index (χ3v) is 5.04. The van der Waals surface area contributed by atoms with Crippen LogP contribution in [0.5, 0.6) is 0 Å². The Morgan fingerprint density at radius 3 is 2.57 bits per heavy atom. The molecule has 2 amide bonds. The Morgan fingerprint density at radius 2 is 1.93 bits per heavy atom. The highest BCUT2D eigenvalue weighted by Gasteiger charge is 2.24. The maximum atomic E-state index is 12.7. The van der Waals surface area contributed by atoms with Gasteiger partial charge in [-0.3, -0.25) is 9.59 Å². The summed E-state index contributed by atoms with van der Waals surface area (Å²) in [5.74, 6) is 0.493. The molecule has 0 bridgehead atoms. The second kappa shape index (κ2) is 9.37. The summed E-state index contributed by atoms with van der Waals surface area (Å²) in [5, 5.41) is 6.68. The summed E-state index contributed by atoms with van der Waals surface area (Å²) in [6.45, 7) is 5.18. The molecule has 0 unspecified atom stereocenters. The van der Waals surface area contributed by atoms with Crippen molar-refractivity contribution >= 4 is 29.2 Å². The zero-order valence-corrected chi connectivity index (χ0v) is 16.3. The van der Waals surface area contributed by atoms with Crippen molar-refractivity contribution in [2.24, 2.45) is 0 Å². The van der Waals surface area contributed by atoms with Crippen LogP contribution in [0.3, 0.4) is 0 Å². The molecule has 0 aliphatic carbocycles. The zero-order chi connectivity index (χ0) is 19.9. The van der Waals surface area contributed by atoms with Crippen LogP contribution in [-0.2, 0) is 11.3 Å². The fourth-order valence-corrected chi connectivity index (χ4v) is 3.30. The Balaban J connectivity index is 1.51. The van der Waals surface area contributed by atoms with Gasteiger partial charge in [-0.15, -0.1) is 0 Å². The molecule has 0 spiro atoms. The zero-order valence-electron chi connectivity index (χ0n) is 15.5. The molecule has 1 saturated heterocycles. The van der Waals surface area contributed by atoms with E-state index in [0.717, 1.165) is 18.4 Å². The number of nitrogens with one attached hydrogen (secondary N) is 2. The number of nitrogens with zero attached hydrogens (tertiary/aromatic N) is 2. The summed E-state index contributed by atoms with van der Waals surface area (Å²) in [5.41, 5.74) is 1.58. The van der Waals surface area contributed by atoms with Crippen molar-refractivity contribution in [3.63, 3.8) is 0 Å². The minimum absolute atomic E-state index is 0.0241. The van der Waals surface area contributed by atoms with E-state index in [1.807, 2.05) is 23.1 Å². The average Bonchev–Trinajstić information content (AvgIpc) is 2.74. The number of anilines is 1. The molecule has 0 saturated carbocycles. The number of likely N-dealkylation sites (tertiary alicyclic amines) is 1. The second-order valence-corrected chi connectivity index (χ2v) is 7.07. The van der Waals surface area contributed by atoms with Crippen molar-refractivity contribution in [1.82, 2.24) is 15.2 Å². The number of carbonyl (C=O) groups is 2. The third kappa shape index (κ3) is 5.10. The first kappa shape index (κ1) is 19.9.